The Labute approximate surface area is 118 Å². The molecule has 2 aromatic rings. The lowest BCUT2D eigenvalue weighted by Gasteiger charge is -2.11. The first kappa shape index (κ1) is 13.9. The van der Waals surface area contributed by atoms with E-state index in [2.05, 4.69) is 5.32 Å². The molecule has 0 aliphatic heterocycles. The normalized spacial score (nSPS) is 9.90. The highest BCUT2D eigenvalue weighted by Gasteiger charge is 2.08. The molecule has 0 atom stereocenters. The highest BCUT2D eigenvalue weighted by atomic mass is 16.5. The van der Waals surface area contributed by atoms with Crippen LogP contribution < -0.4 is 10.1 Å². The summed E-state index contributed by atoms with van der Waals surface area (Å²) in [7, 11) is 1.56. The smallest absolute Gasteiger partial charge is 0.412 e. The maximum absolute atomic E-state index is 11.8. The van der Waals surface area contributed by atoms with Gasteiger partial charge in [0.1, 0.15) is 12.4 Å². The van der Waals surface area contributed by atoms with E-state index < -0.39 is 6.09 Å². The minimum atomic E-state index is -0.502. The minimum Gasteiger partial charge on any atom is -0.495 e. The fourth-order valence-corrected chi connectivity index (χ4v) is 1.79. The van der Waals surface area contributed by atoms with Crippen molar-refractivity contribution in [3.05, 3.63) is 59.7 Å². The zero-order valence-electron chi connectivity index (χ0n) is 11.6. The van der Waals surface area contributed by atoms with Gasteiger partial charge in [0, 0.05) is 0 Å². The van der Waals surface area contributed by atoms with Crippen LogP contribution in [0, 0.1) is 6.92 Å². The summed E-state index contributed by atoms with van der Waals surface area (Å²) in [5, 5.41) is 2.69. The lowest BCUT2D eigenvalue weighted by Crippen LogP contribution is -2.14. The zero-order valence-corrected chi connectivity index (χ0v) is 11.6. The molecule has 2 aromatic carbocycles. The third-order valence-electron chi connectivity index (χ3n) is 2.80. The van der Waals surface area contributed by atoms with Gasteiger partial charge in [-0.2, -0.15) is 0 Å². The Bertz CT molecular complexity index is 582. The van der Waals surface area contributed by atoms with Gasteiger partial charge in [0.05, 0.1) is 12.8 Å². The number of rotatable bonds is 4. The van der Waals surface area contributed by atoms with Crippen LogP contribution in [0.4, 0.5) is 10.5 Å². The van der Waals surface area contributed by atoms with Crippen molar-refractivity contribution in [3.8, 4) is 5.75 Å². The number of carbonyl (C=O) groups excluding carboxylic acids is 1. The van der Waals surface area contributed by atoms with Crippen molar-refractivity contribution >= 4 is 11.8 Å². The van der Waals surface area contributed by atoms with Crippen LogP contribution >= 0.6 is 0 Å². The van der Waals surface area contributed by atoms with E-state index in [1.807, 2.05) is 55.5 Å². The summed E-state index contributed by atoms with van der Waals surface area (Å²) < 4.78 is 10.4. The molecule has 0 aromatic heterocycles. The SMILES string of the molecule is COc1ccc(C)cc1NC(=O)OCc1ccccc1. The molecule has 2 rings (SSSR count). The predicted octanol–water partition coefficient (Wildman–Crippen LogP) is 3.75. The van der Waals surface area contributed by atoms with Gasteiger partial charge >= 0.3 is 6.09 Å². The molecule has 104 valence electrons. The van der Waals surface area contributed by atoms with Crippen LogP contribution in [-0.2, 0) is 11.3 Å². The molecule has 0 aliphatic rings. The Morgan fingerprint density at radius 3 is 2.60 bits per heavy atom. The van der Waals surface area contributed by atoms with Gasteiger partial charge in [-0.15, -0.1) is 0 Å². The van der Waals surface area contributed by atoms with Crippen molar-refractivity contribution in [1.82, 2.24) is 0 Å². The maximum Gasteiger partial charge on any atom is 0.412 e. The first-order valence-electron chi connectivity index (χ1n) is 6.31. The first-order chi connectivity index (χ1) is 9.69. The summed E-state index contributed by atoms with van der Waals surface area (Å²) >= 11 is 0. The van der Waals surface area contributed by atoms with Crippen LogP contribution in [0.15, 0.2) is 48.5 Å². The van der Waals surface area contributed by atoms with Gasteiger partial charge in [0.15, 0.2) is 0 Å². The lowest BCUT2D eigenvalue weighted by atomic mass is 10.2. The first-order valence-corrected chi connectivity index (χ1v) is 6.31. The average molecular weight is 271 g/mol. The number of hydrogen-bond donors (Lipinski definition) is 1. The predicted molar refractivity (Wildman–Crippen MR) is 78.0 cm³/mol. The van der Waals surface area contributed by atoms with Crippen LogP contribution in [0.25, 0.3) is 0 Å². The van der Waals surface area contributed by atoms with Gasteiger partial charge in [-0.25, -0.2) is 4.79 Å². The van der Waals surface area contributed by atoms with E-state index in [0.29, 0.717) is 11.4 Å². The number of nitrogens with one attached hydrogen (secondary N) is 1. The molecule has 1 amide bonds. The van der Waals surface area contributed by atoms with Gasteiger partial charge in [0.25, 0.3) is 0 Å². The topological polar surface area (TPSA) is 47.6 Å². The van der Waals surface area contributed by atoms with E-state index >= 15 is 0 Å². The van der Waals surface area contributed by atoms with Crippen molar-refractivity contribution in [2.45, 2.75) is 13.5 Å². The van der Waals surface area contributed by atoms with Crippen LogP contribution in [0.1, 0.15) is 11.1 Å². The molecule has 1 N–H and O–H groups in total. The standard InChI is InChI=1S/C16H17NO3/c1-12-8-9-15(19-2)14(10-12)17-16(18)20-11-13-6-4-3-5-7-13/h3-10H,11H2,1-2H3,(H,17,18). The number of carbonyl (C=O) groups is 1. The zero-order chi connectivity index (χ0) is 14.4. The number of benzene rings is 2. The molecule has 0 saturated carbocycles. The molecule has 0 saturated heterocycles. The number of ether oxygens (including phenoxy) is 2. The summed E-state index contributed by atoms with van der Waals surface area (Å²) in [6.45, 7) is 2.18. The molecule has 0 fully saturated rings. The fraction of sp³-hybridized carbons (Fsp3) is 0.188. The van der Waals surface area contributed by atoms with Crippen LogP contribution in [0.2, 0.25) is 0 Å². The van der Waals surface area contributed by atoms with E-state index in [4.69, 9.17) is 9.47 Å². The molecule has 0 bridgehead atoms. The summed E-state index contributed by atoms with van der Waals surface area (Å²) in [4.78, 5) is 11.8. The molecule has 0 spiro atoms. The third kappa shape index (κ3) is 3.75. The Kier molecular flexibility index (Phi) is 4.60. The third-order valence-corrected chi connectivity index (χ3v) is 2.80. The molecular formula is C16H17NO3. The monoisotopic (exact) mass is 271 g/mol. The second kappa shape index (κ2) is 6.61. The molecule has 0 radical (unpaired) electrons. The van der Waals surface area contributed by atoms with Crippen molar-refractivity contribution in [3.63, 3.8) is 0 Å². The van der Waals surface area contributed by atoms with E-state index in [-0.39, 0.29) is 6.61 Å². The Morgan fingerprint density at radius 2 is 1.90 bits per heavy atom. The number of aryl methyl sites for hydroxylation is 1. The summed E-state index contributed by atoms with van der Waals surface area (Å²) in [6.07, 6.45) is -0.502. The Hall–Kier alpha value is -2.49. The second-order valence-corrected chi connectivity index (χ2v) is 4.39. The number of anilines is 1. The highest BCUT2D eigenvalue weighted by molar-refractivity contribution is 5.86. The summed E-state index contributed by atoms with van der Waals surface area (Å²) in [5.74, 6) is 0.604. The van der Waals surface area contributed by atoms with Gasteiger partial charge in [-0.3, -0.25) is 5.32 Å². The Balaban J connectivity index is 1.96. The van der Waals surface area contributed by atoms with Gasteiger partial charge in [-0.05, 0) is 30.2 Å². The fourth-order valence-electron chi connectivity index (χ4n) is 1.79. The van der Waals surface area contributed by atoms with Crippen molar-refractivity contribution in [2.24, 2.45) is 0 Å². The molecular weight excluding hydrogens is 254 g/mol. The van der Waals surface area contributed by atoms with Crippen LogP contribution in [0.5, 0.6) is 5.75 Å². The number of amides is 1. The average Bonchev–Trinajstić information content (AvgIpc) is 2.46. The molecule has 4 heteroatoms. The Morgan fingerprint density at radius 1 is 1.15 bits per heavy atom. The van der Waals surface area contributed by atoms with Crippen molar-refractivity contribution in [1.29, 1.82) is 0 Å². The van der Waals surface area contributed by atoms with E-state index in [1.54, 1.807) is 7.11 Å². The van der Waals surface area contributed by atoms with Crippen LogP contribution in [0.3, 0.4) is 0 Å². The van der Waals surface area contributed by atoms with E-state index in [9.17, 15) is 4.79 Å². The highest BCUT2D eigenvalue weighted by Crippen LogP contribution is 2.25. The molecule has 0 aliphatic carbocycles. The van der Waals surface area contributed by atoms with Crippen LogP contribution in [-0.4, -0.2) is 13.2 Å². The summed E-state index contributed by atoms with van der Waals surface area (Å²) in [6, 6.07) is 15.1. The molecule has 0 heterocycles. The van der Waals surface area contributed by atoms with Crippen molar-refractivity contribution in [2.75, 3.05) is 12.4 Å². The van der Waals surface area contributed by atoms with Gasteiger partial charge in [-0.1, -0.05) is 36.4 Å². The van der Waals surface area contributed by atoms with Gasteiger partial charge in [0.2, 0.25) is 0 Å². The lowest BCUT2D eigenvalue weighted by molar-refractivity contribution is 0.155. The minimum absolute atomic E-state index is 0.237. The second-order valence-electron chi connectivity index (χ2n) is 4.39. The van der Waals surface area contributed by atoms with E-state index in [0.717, 1.165) is 11.1 Å². The quantitative estimate of drug-likeness (QED) is 0.921. The number of hydrogen-bond acceptors (Lipinski definition) is 3. The summed E-state index contributed by atoms with van der Waals surface area (Å²) in [5.41, 5.74) is 2.58. The molecule has 0 unspecified atom stereocenters. The maximum atomic E-state index is 11.8. The largest absolute Gasteiger partial charge is 0.495 e. The number of methoxy groups -OCH3 is 1. The van der Waals surface area contributed by atoms with E-state index in [1.165, 1.54) is 0 Å². The van der Waals surface area contributed by atoms with Crippen molar-refractivity contribution < 1.29 is 14.3 Å². The van der Waals surface area contributed by atoms with Gasteiger partial charge < -0.3 is 9.47 Å². The molecule has 4 nitrogen and oxygen atoms in total. The molecule has 20 heavy (non-hydrogen) atoms.